The lowest BCUT2D eigenvalue weighted by Crippen LogP contribution is -2.35. The number of ether oxygens (including phenoxy) is 2. The van der Waals surface area contributed by atoms with Gasteiger partial charge in [-0.1, -0.05) is 24.3 Å². The van der Waals surface area contributed by atoms with Gasteiger partial charge in [0.1, 0.15) is 17.5 Å². The Balaban J connectivity index is 1.27. The molecule has 4 heterocycles. The van der Waals surface area contributed by atoms with Crippen LogP contribution in [0.15, 0.2) is 55.0 Å². The molecule has 4 aromatic rings. The van der Waals surface area contributed by atoms with E-state index < -0.39 is 5.92 Å². The predicted molar refractivity (Wildman–Crippen MR) is 124 cm³/mol. The summed E-state index contributed by atoms with van der Waals surface area (Å²) in [7, 11) is 0. The van der Waals surface area contributed by atoms with Gasteiger partial charge >= 0.3 is 6.01 Å². The van der Waals surface area contributed by atoms with Crippen molar-refractivity contribution >= 4 is 21.6 Å². The van der Waals surface area contributed by atoms with Crippen LogP contribution in [0.1, 0.15) is 27.7 Å². The molecule has 1 aliphatic rings. The number of rotatable bonds is 7. The van der Waals surface area contributed by atoms with Crippen LogP contribution in [-0.2, 0) is 17.9 Å². The van der Waals surface area contributed by atoms with Crippen molar-refractivity contribution in [2.24, 2.45) is 0 Å². The summed E-state index contributed by atoms with van der Waals surface area (Å²) in [5.41, 5.74) is 3.63. The quantitative estimate of drug-likeness (QED) is 0.415. The highest BCUT2D eigenvalue weighted by Gasteiger charge is 2.20. The van der Waals surface area contributed by atoms with Crippen LogP contribution in [0.2, 0.25) is 0 Å². The first kappa shape index (κ1) is 21.4. The molecule has 1 aliphatic heterocycles. The number of morpholine rings is 1. The van der Waals surface area contributed by atoms with Crippen LogP contribution >= 0.6 is 11.3 Å². The van der Waals surface area contributed by atoms with Crippen LogP contribution in [0.3, 0.4) is 0 Å². The fourth-order valence-corrected chi connectivity index (χ4v) is 4.73. The van der Waals surface area contributed by atoms with Gasteiger partial charge in [0.2, 0.25) is 0 Å². The largest absolute Gasteiger partial charge is 0.459 e. The van der Waals surface area contributed by atoms with Gasteiger partial charge in [0.15, 0.2) is 0 Å². The van der Waals surface area contributed by atoms with Gasteiger partial charge in [-0.25, -0.2) is 9.97 Å². The van der Waals surface area contributed by atoms with E-state index in [1.54, 1.807) is 24.7 Å². The SMILES string of the molecule is N#CC(c1ccnc(OCc2cccc(CN3CCOCC3)c2)n1)c1nc2cnccc2s1. The summed E-state index contributed by atoms with van der Waals surface area (Å²) >= 11 is 1.47. The molecule has 8 nitrogen and oxygen atoms in total. The molecule has 1 fully saturated rings. The molecule has 0 saturated carbocycles. The smallest absolute Gasteiger partial charge is 0.316 e. The van der Waals surface area contributed by atoms with Gasteiger partial charge < -0.3 is 9.47 Å². The highest BCUT2D eigenvalue weighted by Crippen LogP contribution is 2.30. The second-order valence-electron chi connectivity index (χ2n) is 7.72. The van der Waals surface area contributed by atoms with Crippen LogP contribution in [-0.4, -0.2) is 51.1 Å². The first-order valence-corrected chi connectivity index (χ1v) is 11.5. The second kappa shape index (κ2) is 10.0. The molecule has 166 valence electrons. The van der Waals surface area contributed by atoms with Crippen molar-refractivity contribution in [1.29, 1.82) is 5.26 Å². The topological polar surface area (TPSA) is 97.0 Å². The fraction of sp³-hybridized carbons (Fsp3) is 0.292. The van der Waals surface area contributed by atoms with E-state index in [-0.39, 0.29) is 6.01 Å². The van der Waals surface area contributed by atoms with Crippen molar-refractivity contribution in [2.45, 2.75) is 19.1 Å². The zero-order valence-corrected chi connectivity index (χ0v) is 18.7. The standard InChI is InChI=1S/C24H22N6O2S/c25-13-19(23-28-21-14-26-6-5-22(21)33-23)20-4-7-27-24(29-20)32-16-18-3-1-2-17(12-18)15-30-8-10-31-11-9-30/h1-7,12,14,19H,8-11,15-16H2. The van der Waals surface area contributed by atoms with E-state index >= 15 is 0 Å². The molecule has 0 bridgehead atoms. The third-order valence-electron chi connectivity index (χ3n) is 5.40. The van der Waals surface area contributed by atoms with E-state index in [0.29, 0.717) is 17.3 Å². The number of pyridine rings is 1. The maximum Gasteiger partial charge on any atom is 0.316 e. The molecule has 0 amide bonds. The average Bonchev–Trinajstić information content (AvgIpc) is 3.28. The molecule has 33 heavy (non-hydrogen) atoms. The summed E-state index contributed by atoms with van der Waals surface area (Å²) in [5, 5.41) is 10.5. The summed E-state index contributed by atoms with van der Waals surface area (Å²) in [4.78, 5) is 19.8. The number of hydrogen-bond acceptors (Lipinski definition) is 9. The number of hydrogen-bond donors (Lipinski definition) is 0. The minimum absolute atomic E-state index is 0.245. The maximum absolute atomic E-state index is 9.81. The molecular formula is C24H22N6O2S. The number of aromatic nitrogens is 4. The van der Waals surface area contributed by atoms with Gasteiger partial charge in [0.05, 0.1) is 41.4 Å². The number of nitriles is 1. The van der Waals surface area contributed by atoms with E-state index in [1.807, 2.05) is 18.2 Å². The first-order valence-electron chi connectivity index (χ1n) is 10.7. The summed E-state index contributed by atoms with van der Waals surface area (Å²) in [5.74, 6) is -0.593. The van der Waals surface area contributed by atoms with Gasteiger partial charge in [0, 0.05) is 32.0 Å². The Labute approximate surface area is 195 Å². The molecule has 3 aromatic heterocycles. The highest BCUT2D eigenvalue weighted by atomic mass is 32.1. The van der Waals surface area contributed by atoms with Crippen LogP contribution in [0.5, 0.6) is 6.01 Å². The first-order chi connectivity index (χ1) is 16.3. The van der Waals surface area contributed by atoms with Crippen molar-refractivity contribution in [3.63, 3.8) is 0 Å². The Morgan fingerprint density at radius 3 is 2.85 bits per heavy atom. The zero-order valence-electron chi connectivity index (χ0n) is 17.9. The summed E-state index contributed by atoms with van der Waals surface area (Å²) in [6.45, 7) is 4.72. The average molecular weight is 459 g/mol. The van der Waals surface area contributed by atoms with E-state index in [0.717, 1.165) is 48.6 Å². The van der Waals surface area contributed by atoms with Crippen molar-refractivity contribution in [3.05, 3.63) is 76.8 Å². The van der Waals surface area contributed by atoms with Gasteiger partial charge in [-0.3, -0.25) is 9.88 Å². The Morgan fingerprint density at radius 2 is 2.00 bits per heavy atom. The second-order valence-corrected chi connectivity index (χ2v) is 8.78. The van der Waals surface area contributed by atoms with Gasteiger partial charge in [-0.05, 0) is 23.3 Å². The lowest BCUT2D eigenvalue weighted by atomic mass is 10.1. The fourth-order valence-electron chi connectivity index (χ4n) is 3.74. The Bertz CT molecular complexity index is 1250. The summed E-state index contributed by atoms with van der Waals surface area (Å²) in [6, 6.07) is 14.5. The molecule has 0 aliphatic carbocycles. The molecule has 0 N–H and O–H groups in total. The molecule has 0 radical (unpaired) electrons. The number of benzene rings is 1. The highest BCUT2D eigenvalue weighted by molar-refractivity contribution is 7.18. The van der Waals surface area contributed by atoms with Crippen molar-refractivity contribution in [2.75, 3.05) is 26.3 Å². The van der Waals surface area contributed by atoms with E-state index in [2.05, 4.69) is 43.0 Å². The van der Waals surface area contributed by atoms with Crippen LogP contribution in [0.4, 0.5) is 0 Å². The van der Waals surface area contributed by atoms with Gasteiger partial charge in [-0.15, -0.1) is 11.3 Å². The number of thiazole rings is 1. The minimum atomic E-state index is -0.593. The molecule has 1 saturated heterocycles. The lowest BCUT2D eigenvalue weighted by Gasteiger charge is -2.26. The third kappa shape index (κ3) is 5.14. The lowest BCUT2D eigenvalue weighted by molar-refractivity contribution is 0.0342. The molecule has 5 rings (SSSR count). The molecule has 1 unspecified atom stereocenters. The predicted octanol–water partition coefficient (Wildman–Crippen LogP) is 3.55. The number of nitrogens with zero attached hydrogens (tertiary/aromatic N) is 6. The molecule has 1 atom stereocenters. The Hall–Kier alpha value is -3.45. The molecule has 0 spiro atoms. The molecule has 9 heteroatoms. The van der Waals surface area contributed by atoms with E-state index in [4.69, 9.17) is 9.47 Å². The van der Waals surface area contributed by atoms with Gasteiger partial charge in [0.25, 0.3) is 0 Å². The zero-order chi connectivity index (χ0) is 22.5. The molecule has 1 aromatic carbocycles. The Kier molecular flexibility index (Phi) is 6.48. The third-order valence-corrected chi connectivity index (χ3v) is 6.50. The minimum Gasteiger partial charge on any atom is -0.459 e. The Morgan fingerprint density at radius 1 is 1.12 bits per heavy atom. The van der Waals surface area contributed by atoms with Crippen molar-refractivity contribution in [1.82, 2.24) is 24.8 Å². The van der Waals surface area contributed by atoms with Crippen LogP contribution in [0.25, 0.3) is 10.2 Å². The maximum atomic E-state index is 9.81. The van der Waals surface area contributed by atoms with Crippen LogP contribution in [0, 0.1) is 11.3 Å². The number of fused-ring (bicyclic) bond motifs is 1. The van der Waals surface area contributed by atoms with Crippen LogP contribution < -0.4 is 4.74 Å². The van der Waals surface area contributed by atoms with Crippen molar-refractivity contribution < 1.29 is 9.47 Å². The molecular weight excluding hydrogens is 436 g/mol. The summed E-state index contributed by atoms with van der Waals surface area (Å²) < 4.78 is 12.3. The normalized spacial score (nSPS) is 15.2. The van der Waals surface area contributed by atoms with E-state index in [1.165, 1.54) is 16.9 Å². The van der Waals surface area contributed by atoms with Crippen molar-refractivity contribution in [3.8, 4) is 12.1 Å². The monoisotopic (exact) mass is 458 g/mol. The summed E-state index contributed by atoms with van der Waals surface area (Å²) in [6.07, 6.45) is 5.04. The van der Waals surface area contributed by atoms with Gasteiger partial charge in [-0.2, -0.15) is 10.2 Å². The van der Waals surface area contributed by atoms with E-state index in [9.17, 15) is 5.26 Å².